The number of carbonyl (C=O) groups is 2. The van der Waals surface area contributed by atoms with Crippen molar-refractivity contribution in [3.8, 4) is 0 Å². The molecule has 8 nitrogen and oxygen atoms in total. The Morgan fingerprint density at radius 3 is 2.44 bits per heavy atom. The molecule has 1 aliphatic heterocycles. The summed E-state index contributed by atoms with van der Waals surface area (Å²) in [6, 6.07) is 19.4. The first-order valence-corrected chi connectivity index (χ1v) is 10.5. The Balaban J connectivity index is 1.89. The molecule has 4 rings (SSSR count). The van der Waals surface area contributed by atoms with Crippen LogP contribution in [0.4, 0.5) is 0 Å². The van der Waals surface area contributed by atoms with Gasteiger partial charge in [-0.15, -0.1) is 0 Å². The van der Waals surface area contributed by atoms with Gasteiger partial charge >= 0.3 is 17.7 Å². The first kappa shape index (κ1) is 21.4. The third-order valence-electron chi connectivity index (χ3n) is 5.35. The molecule has 8 heteroatoms. The highest BCUT2D eigenvalue weighted by molar-refractivity contribution is 6.37. The molecule has 0 bridgehead atoms. The molecule has 0 saturated heterocycles. The van der Waals surface area contributed by atoms with E-state index < -0.39 is 24.0 Å². The highest BCUT2D eigenvalue weighted by Crippen LogP contribution is 2.35. The number of benzene rings is 2. The summed E-state index contributed by atoms with van der Waals surface area (Å²) in [4.78, 5) is 30.8. The van der Waals surface area contributed by atoms with Gasteiger partial charge in [0.25, 0.3) is 0 Å². The summed E-state index contributed by atoms with van der Waals surface area (Å²) in [6.07, 6.45) is -1.30. The van der Waals surface area contributed by atoms with Gasteiger partial charge in [0, 0.05) is 17.8 Å². The van der Waals surface area contributed by atoms with Gasteiger partial charge in [-0.25, -0.2) is 4.79 Å². The largest absolute Gasteiger partial charge is 0.465 e. The molecule has 1 aromatic heterocycles. The van der Waals surface area contributed by atoms with Crippen molar-refractivity contribution in [2.75, 3.05) is 13.2 Å². The van der Waals surface area contributed by atoms with Crippen molar-refractivity contribution in [3.63, 3.8) is 0 Å². The Morgan fingerprint density at radius 2 is 1.72 bits per heavy atom. The molecule has 2 heterocycles. The van der Waals surface area contributed by atoms with Crippen molar-refractivity contribution in [2.24, 2.45) is 0 Å². The van der Waals surface area contributed by atoms with Gasteiger partial charge in [-0.05, 0) is 36.9 Å². The number of ether oxygens (including phenoxy) is 2. The molecule has 0 spiro atoms. The summed E-state index contributed by atoms with van der Waals surface area (Å²) < 4.78 is 12.2. The Labute approximate surface area is 185 Å². The first-order valence-electron chi connectivity index (χ1n) is 10.5. The van der Waals surface area contributed by atoms with Crippen LogP contribution in [0.1, 0.15) is 31.0 Å². The maximum atomic E-state index is 12.7. The predicted molar refractivity (Wildman–Crippen MR) is 117 cm³/mol. The van der Waals surface area contributed by atoms with Gasteiger partial charge in [-0.1, -0.05) is 48.5 Å². The molecule has 0 radical (unpaired) electrons. The Bertz CT molecular complexity index is 1170. The molecule has 0 fully saturated rings. The van der Waals surface area contributed by atoms with Crippen molar-refractivity contribution in [2.45, 2.75) is 32.4 Å². The number of esters is 2. The monoisotopic (exact) mass is 436 g/mol. The van der Waals surface area contributed by atoms with Gasteiger partial charge in [-0.3, -0.25) is 10.0 Å². The van der Waals surface area contributed by atoms with Gasteiger partial charge in [0.2, 0.25) is 0 Å². The van der Waals surface area contributed by atoms with Crippen LogP contribution in [0, 0.1) is 5.21 Å². The standard InChI is InChI=1S/C24H24N2O6/c1-3-30-23(27)21-20(22(32-26(21)29)24(28)31-4-2)19-14-17-12-8-9-13-18(17)25(19)15-16-10-6-5-7-11-16/h5-14,20,22H,3-4,15H2,1-2H3. The molecule has 0 saturated carbocycles. The zero-order chi connectivity index (χ0) is 22.7. The Morgan fingerprint density at radius 1 is 1.03 bits per heavy atom. The van der Waals surface area contributed by atoms with Crippen LogP contribution in [-0.4, -0.2) is 46.4 Å². The molecule has 1 aliphatic rings. The average Bonchev–Trinajstić information content (AvgIpc) is 3.32. The number of hydrogen-bond donors (Lipinski definition) is 0. The topological polar surface area (TPSA) is 92.8 Å². The zero-order valence-corrected chi connectivity index (χ0v) is 17.9. The highest BCUT2D eigenvalue weighted by Gasteiger charge is 2.51. The molecule has 2 aromatic carbocycles. The predicted octanol–water partition coefficient (Wildman–Crippen LogP) is 3.16. The minimum Gasteiger partial charge on any atom is -0.465 e. The van der Waals surface area contributed by atoms with Crippen LogP contribution in [-0.2, 0) is 30.4 Å². The van der Waals surface area contributed by atoms with E-state index in [2.05, 4.69) is 0 Å². The molecular weight excluding hydrogens is 412 g/mol. The van der Waals surface area contributed by atoms with Gasteiger partial charge in [0.1, 0.15) is 5.92 Å². The maximum Gasteiger partial charge on any atom is 0.405 e. The summed E-state index contributed by atoms with van der Waals surface area (Å²) in [7, 11) is 0. The van der Waals surface area contributed by atoms with Crippen molar-refractivity contribution in [1.82, 2.24) is 4.57 Å². The quantitative estimate of drug-likeness (QED) is 0.417. The molecule has 3 aromatic rings. The van der Waals surface area contributed by atoms with Crippen molar-refractivity contribution in [1.29, 1.82) is 0 Å². The fourth-order valence-electron chi connectivity index (χ4n) is 4.01. The van der Waals surface area contributed by atoms with E-state index >= 15 is 0 Å². The van der Waals surface area contributed by atoms with Crippen molar-refractivity contribution in [3.05, 3.63) is 77.1 Å². The lowest BCUT2D eigenvalue weighted by Crippen LogP contribution is -2.35. The lowest BCUT2D eigenvalue weighted by Gasteiger charge is -2.20. The van der Waals surface area contributed by atoms with Gasteiger partial charge in [0.15, 0.2) is 6.10 Å². The molecule has 32 heavy (non-hydrogen) atoms. The van der Waals surface area contributed by atoms with Crippen molar-refractivity contribution >= 4 is 28.6 Å². The molecule has 2 unspecified atom stereocenters. The number of carbonyl (C=O) groups excluding carboxylic acids is 2. The van der Waals surface area contributed by atoms with Crippen LogP contribution in [0.3, 0.4) is 0 Å². The summed E-state index contributed by atoms with van der Waals surface area (Å²) in [5.74, 6) is -2.52. The molecule has 0 N–H and O–H groups in total. The lowest BCUT2D eigenvalue weighted by atomic mass is 9.93. The summed E-state index contributed by atoms with van der Waals surface area (Å²) in [5.41, 5.74) is 2.25. The Kier molecular flexibility index (Phi) is 6.11. The van der Waals surface area contributed by atoms with Gasteiger partial charge in [0.05, 0.1) is 18.1 Å². The smallest absolute Gasteiger partial charge is 0.405 e. The molecule has 0 aliphatic carbocycles. The van der Waals surface area contributed by atoms with Gasteiger partial charge < -0.3 is 18.9 Å². The summed E-state index contributed by atoms with van der Waals surface area (Å²) in [5, 5.41) is 13.5. The number of para-hydroxylation sites is 1. The second-order valence-corrected chi connectivity index (χ2v) is 7.32. The van der Waals surface area contributed by atoms with E-state index in [1.165, 1.54) is 0 Å². The average molecular weight is 436 g/mol. The second kappa shape index (κ2) is 9.13. The number of fused-ring (bicyclic) bond motifs is 1. The van der Waals surface area contributed by atoms with E-state index in [1.54, 1.807) is 13.8 Å². The highest BCUT2D eigenvalue weighted by atomic mass is 16.9. The number of nitrogens with zero attached hydrogens (tertiary/aromatic N) is 2. The van der Waals surface area contributed by atoms with E-state index in [4.69, 9.17) is 14.3 Å². The lowest BCUT2D eigenvalue weighted by molar-refractivity contribution is -0.736. The third kappa shape index (κ3) is 3.91. The Hall–Kier alpha value is -3.81. The maximum absolute atomic E-state index is 12.7. The normalized spacial score (nSPS) is 17.9. The SMILES string of the molecule is CCOC(=O)C1=[N+]([O-])OC(C(=O)OCC)C1c1cc2ccccc2n1Cc1ccccc1. The van der Waals surface area contributed by atoms with Crippen molar-refractivity contribution < 1.29 is 28.8 Å². The zero-order valence-electron chi connectivity index (χ0n) is 17.9. The van der Waals surface area contributed by atoms with E-state index in [0.717, 1.165) is 16.5 Å². The minimum atomic E-state index is -1.30. The van der Waals surface area contributed by atoms with Crippen LogP contribution >= 0.6 is 0 Å². The fraction of sp³-hybridized carbons (Fsp3) is 0.292. The third-order valence-corrected chi connectivity index (χ3v) is 5.35. The summed E-state index contributed by atoms with van der Waals surface area (Å²) >= 11 is 0. The number of hydrogen-bond acceptors (Lipinski definition) is 6. The first-order chi connectivity index (χ1) is 15.5. The molecule has 0 amide bonds. The van der Waals surface area contributed by atoms with Gasteiger partial charge in [-0.2, -0.15) is 0 Å². The fourth-order valence-corrected chi connectivity index (χ4v) is 4.01. The van der Waals surface area contributed by atoms with E-state index in [-0.39, 0.29) is 23.8 Å². The van der Waals surface area contributed by atoms with Crippen LogP contribution in [0.25, 0.3) is 10.9 Å². The summed E-state index contributed by atoms with van der Waals surface area (Å²) in [6.45, 7) is 3.99. The minimum absolute atomic E-state index is 0.0833. The molecule has 2 atom stereocenters. The van der Waals surface area contributed by atoms with Crippen LogP contribution < -0.4 is 0 Å². The second-order valence-electron chi connectivity index (χ2n) is 7.32. The molecular formula is C24H24N2O6. The number of aromatic nitrogens is 1. The van der Waals surface area contributed by atoms with E-state index in [9.17, 15) is 14.8 Å². The van der Waals surface area contributed by atoms with Crippen LogP contribution in [0.5, 0.6) is 0 Å². The van der Waals surface area contributed by atoms with Crippen LogP contribution in [0.15, 0.2) is 60.7 Å². The van der Waals surface area contributed by atoms with E-state index in [1.807, 2.05) is 65.2 Å². The van der Waals surface area contributed by atoms with E-state index in [0.29, 0.717) is 12.2 Å². The molecule has 166 valence electrons. The van der Waals surface area contributed by atoms with Crippen LogP contribution in [0.2, 0.25) is 0 Å². The number of rotatable bonds is 7.